The number of aryl methyl sites for hydroxylation is 1. The van der Waals surface area contributed by atoms with Crippen LogP contribution in [-0.2, 0) is 21.4 Å². The third-order valence-corrected chi connectivity index (χ3v) is 7.10. The van der Waals surface area contributed by atoms with Gasteiger partial charge in [-0.2, -0.15) is 4.31 Å². The molecule has 1 N–H and O–H groups in total. The predicted octanol–water partition coefficient (Wildman–Crippen LogP) is 5.27. The van der Waals surface area contributed by atoms with Gasteiger partial charge < -0.3 is 5.32 Å². The number of anilines is 1. The number of hydrogen-bond donors (Lipinski definition) is 1. The third kappa shape index (κ3) is 5.83. The van der Waals surface area contributed by atoms with Crippen molar-refractivity contribution in [3.05, 3.63) is 93.7 Å². The highest BCUT2D eigenvalue weighted by Crippen LogP contribution is 2.29. The van der Waals surface area contributed by atoms with Gasteiger partial charge in [0.25, 0.3) is 0 Å². The largest absolute Gasteiger partial charge is 0.324 e. The zero-order valence-electron chi connectivity index (χ0n) is 16.5. The zero-order valence-corrected chi connectivity index (χ0v) is 18.8. The molecule has 0 unspecified atom stereocenters. The first-order valence-corrected chi connectivity index (χ1v) is 11.4. The molecular formula is C22H19Cl2FN2O3S. The molecule has 0 radical (unpaired) electrons. The summed E-state index contributed by atoms with van der Waals surface area (Å²) in [6.45, 7) is 1.25. The van der Waals surface area contributed by atoms with Gasteiger partial charge in [0, 0.05) is 6.54 Å². The molecule has 0 spiro atoms. The van der Waals surface area contributed by atoms with E-state index in [1.54, 1.807) is 30.3 Å². The minimum absolute atomic E-state index is 0.0498. The number of hydrogen-bond acceptors (Lipinski definition) is 3. The Morgan fingerprint density at radius 2 is 1.65 bits per heavy atom. The number of halogens is 3. The molecule has 9 heteroatoms. The monoisotopic (exact) mass is 480 g/mol. The lowest BCUT2D eigenvalue weighted by molar-refractivity contribution is -0.116. The van der Waals surface area contributed by atoms with E-state index < -0.39 is 28.3 Å². The standard InChI is InChI=1S/C22H19Cl2FN2O3S/c1-15-5-11-18(12-6-15)31(29,30)27(13-16-7-9-17(25)10-8-16)14-21(28)26-20-4-2-3-19(23)22(20)24/h2-12H,13-14H2,1H3,(H,26,28). The summed E-state index contributed by atoms with van der Waals surface area (Å²) in [6, 6.07) is 16.5. The van der Waals surface area contributed by atoms with Crippen molar-refractivity contribution in [2.45, 2.75) is 18.4 Å². The van der Waals surface area contributed by atoms with Crippen LogP contribution in [0.25, 0.3) is 0 Å². The molecule has 5 nitrogen and oxygen atoms in total. The van der Waals surface area contributed by atoms with Gasteiger partial charge in [0.05, 0.1) is 27.2 Å². The Bertz CT molecular complexity index is 1180. The third-order valence-electron chi connectivity index (χ3n) is 4.48. The lowest BCUT2D eigenvalue weighted by atomic mass is 10.2. The van der Waals surface area contributed by atoms with Crippen LogP contribution in [0, 0.1) is 12.7 Å². The van der Waals surface area contributed by atoms with E-state index in [2.05, 4.69) is 5.32 Å². The summed E-state index contributed by atoms with van der Waals surface area (Å²) >= 11 is 12.1. The Labute approximate surface area is 190 Å². The minimum atomic E-state index is -4.01. The van der Waals surface area contributed by atoms with E-state index in [1.165, 1.54) is 36.4 Å². The molecule has 0 heterocycles. The van der Waals surface area contributed by atoms with Crippen molar-refractivity contribution in [1.29, 1.82) is 0 Å². The minimum Gasteiger partial charge on any atom is -0.324 e. The van der Waals surface area contributed by atoms with Crippen molar-refractivity contribution in [3.63, 3.8) is 0 Å². The fourth-order valence-corrected chi connectivity index (χ4v) is 4.56. The molecule has 0 atom stereocenters. The zero-order chi connectivity index (χ0) is 22.6. The molecule has 0 bridgehead atoms. The van der Waals surface area contributed by atoms with Crippen LogP contribution < -0.4 is 5.32 Å². The fraction of sp³-hybridized carbons (Fsp3) is 0.136. The van der Waals surface area contributed by atoms with E-state index in [4.69, 9.17) is 23.2 Å². The summed E-state index contributed by atoms with van der Waals surface area (Å²) in [4.78, 5) is 12.7. The number of benzene rings is 3. The van der Waals surface area contributed by atoms with Crippen LogP contribution in [0.2, 0.25) is 10.0 Å². The molecule has 3 aromatic rings. The second-order valence-corrected chi connectivity index (χ2v) is 9.59. The van der Waals surface area contributed by atoms with Gasteiger partial charge in [0.1, 0.15) is 5.82 Å². The topological polar surface area (TPSA) is 66.5 Å². The van der Waals surface area contributed by atoms with Gasteiger partial charge in [0.2, 0.25) is 15.9 Å². The number of rotatable bonds is 7. The molecule has 3 rings (SSSR count). The lowest BCUT2D eigenvalue weighted by Crippen LogP contribution is -2.37. The lowest BCUT2D eigenvalue weighted by Gasteiger charge is -2.22. The number of carbonyl (C=O) groups excluding carboxylic acids is 1. The van der Waals surface area contributed by atoms with Crippen LogP contribution in [0.4, 0.5) is 10.1 Å². The van der Waals surface area contributed by atoms with Crippen molar-refractivity contribution in [2.24, 2.45) is 0 Å². The summed E-state index contributed by atoms with van der Waals surface area (Å²) in [7, 11) is -4.01. The van der Waals surface area contributed by atoms with Crippen LogP contribution >= 0.6 is 23.2 Å². The van der Waals surface area contributed by atoms with E-state index in [-0.39, 0.29) is 27.2 Å². The van der Waals surface area contributed by atoms with Crippen molar-refractivity contribution in [1.82, 2.24) is 4.31 Å². The van der Waals surface area contributed by atoms with Gasteiger partial charge in [-0.15, -0.1) is 0 Å². The van der Waals surface area contributed by atoms with E-state index in [9.17, 15) is 17.6 Å². The first-order chi connectivity index (χ1) is 14.7. The SMILES string of the molecule is Cc1ccc(S(=O)(=O)N(CC(=O)Nc2cccc(Cl)c2Cl)Cc2ccc(F)cc2)cc1. The number of nitrogens with zero attached hydrogens (tertiary/aromatic N) is 1. The van der Waals surface area contributed by atoms with E-state index in [0.29, 0.717) is 5.56 Å². The maximum absolute atomic E-state index is 13.3. The normalized spacial score (nSPS) is 11.5. The molecule has 0 aliphatic heterocycles. The number of amides is 1. The highest BCUT2D eigenvalue weighted by atomic mass is 35.5. The fourth-order valence-electron chi connectivity index (χ4n) is 2.83. The van der Waals surface area contributed by atoms with Crippen molar-refractivity contribution in [3.8, 4) is 0 Å². The first kappa shape index (κ1) is 23.2. The van der Waals surface area contributed by atoms with E-state index in [1.807, 2.05) is 6.92 Å². The number of carbonyl (C=O) groups is 1. The Balaban J connectivity index is 1.89. The highest BCUT2D eigenvalue weighted by Gasteiger charge is 2.27. The van der Waals surface area contributed by atoms with Crippen molar-refractivity contribution >= 4 is 44.8 Å². The van der Waals surface area contributed by atoms with Crippen LogP contribution in [0.15, 0.2) is 71.6 Å². The predicted molar refractivity (Wildman–Crippen MR) is 120 cm³/mol. The first-order valence-electron chi connectivity index (χ1n) is 9.22. The van der Waals surface area contributed by atoms with Gasteiger partial charge in [0.15, 0.2) is 0 Å². The maximum atomic E-state index is 13.3. The number of sulfonamides is 1. The summed E-state index contributed by atoms with van der Waals surface area (Å²) in [5.41, 5.74) is 1.71. The van der Waals surface area contributed by atoms with Crippen LogP contribution in [0.3, 0.4) is 0 Å². The quantitative estimate of drug-likeness (QED) is 0.500. The molecule has 0 aliphatic carbocycles. The van der Waals surface area contributed by atoms with Crippen molar-refractivity contribution in [2.75, 3.05) is 11.9 Å². The Morgan fingerprint density at radius 3 is 2.29 bits per heavy atom. The molecule has 0 saturated carbocycles. The molecular weight excluding hydrogens is 462 g/mol. The second-order valence-electron chi connectivity index (χ2n) is 6.86. The van der Waals surface area contributed by atoms with E-state index >= 15 is 0 Å². The molecule has 3 aromatic carbocycles. The molecule has 1 amide bonds. The average Bonchev–Trinajstić information content (AvgIpc) is 2.73. The second kappa shape index (κ2) is 9.78. The Kier molecular flexibility index (Phi) is 7.33. The Morgan fingerprint density at radius 1 is 1.00 bits per heavy atom. The molecule has 0 saturated heterocycles. The van der Waals surface area contributed by atoms with Gasteiger partial charge in [-0.05, 0) is 48.9 Å². The van der Waals surface area contributed by atoms with Gasteiger partial charge in [-0.25, -0.2) is 12.8 Å². The summed E-state index contributed by atoms with van der Waals surface area (Å²) < 4.78 is 40.8. The van der Waals surface area contributed by atoms with Crippen molar-refractivity contribution < 1.29 is 17.6 Å². The molecule has 0 aliphatic rings. The average molecular weight is 481 g/mol. The Hall–Kier alpha value is -2.45. The highest BCUT2D eigenvalue weighted by molar-refractivity contribution is 7.89. The molecule has 162 valence electrons. The van der Waals surface area contributed by atoms with Crippen LogP contribution in [0.5, 0.6) is 0 Å². The van der Waals surface area contributed by atoms with Gasteiger partial charge in [-0.1, -0.05) is 59.1 Å². The van der Waals surface area contributed by atoms with E-state index in [0.717, 1.165) is 9.87 Å². The number of nitrogens with one attached hydrogen (secondary N) is 1. The summed E-state index contributed by atoms with van der Waals surface area (Å²) in [5.74, 6) is -1.04. The van der Waals surface area contributed by atoms with Crippen LogP contribution in [-0.4, -0.2) is 25.2 Å². The maximum Gasteiger partial charge on any atom is 0.243 e. The van der Waals surface area contributed by atoms with Gasteiger partial charge in [-0.3, -0.25) is 4.79 Å². The molecule has 0 fully saturated rings. The van der Waals surface area contributed by atoms with Gasteiger partial charge >= 0.3 is 0 Å². The van der Waals surface area contributed by atoms with Crippen LogP contribution in [0.1, 0.15) is 11.1 Å². The smallest absolute Gasteiger partial charge is 0.243 e. The molecule has 31 heavy (non-hydrogen) atoms. The summed E-state index contributed by atoms with van der Waals surface area (Å²) in [5, 5.41) is 3.00. The summed E-state index contributed by atoms with van der Waals surface area (Å²) in [6.07, 6.45) is 0. The molecule has 0 aromatic heterocycles.